The van der Waals surface area contributed by atoms with Gasteiger partial charge in [0, 0.05) is 6.42 Å². The molecule has 0 aromatic carbocycles. The molecule has 0 aliphatic rings. The molecule has 1 atom stereocenters. The van der Waals surface area contributed by atoms with E-state index in [9.17, 15) is 14.4 Å². The summed E-state index contributed by atoms with van der Waals surface area (Å²) in [6, 6.07) is -1.39. The number of carbonyl (C=O) groups is 3. The number of hydrogen-bond acceptors (Lipinski definition) is 6. The van der Waals surface area contributed by atoms with Gasteiger partial charge in [0.05, 0.1) is 0 Å². The first-order valence-corrected chi connectivity index (χ1v) is 7.81. The van der Waals surface area contributed by atoms with Gasteiger partial charge in [-0.1, -0.05) is 11.6 Å². The van der Waals surface area contributed by atoms with Crippen LogP contribution in [-0.2, 0) is 23.8 Å². The lowest BCUT2D eigenvalue weighted by Crippen LogP contribution is -2.44. The first-order chi connectivity index (χ1) is 10.3. The van der Waals surface area contributed by atoms with E-state index in [1.807, 2.05) is 0 Å². The summed E-state index contributed by atoms with van der Waals surface area (Å²) in [5, 5.41) is 2.37. The number of hydrogen-bond donors (Lipinski definition) is 1. The molecule has 0 spiro atoms. The molecule has 0 radical (unpaired) electrons. The molecule has 0 aromatic rings. The van der Waals surface area contributed by atoms with Gasteiger partial charge in [0.1, 0.15) is 17.2 Å². The Balaban J connectivity index is 4.67. The van der Waals surface area contributed by atoms with Crippen LogP contribution in [0, 0.1) is 0 Å². The molecule has 0 aliphatic heterocycles. The number of amides is 1. The summed E-state index contributed by atoms with van der Waals surface area (Å²) in [4.78, 5) is 35.3. The normalized spacial score (nSPS) is 13.0. The Morgan fingerprint density at radius 3 is 1.96 bits per heavy atom. The van der Waals surface area contributed by atoms with E-state index in [0.29, 0.717) is 0 Å². The van der Waals surface area contributed by atoms with Crippen molar-refractivity contribution < 1.29 is 28.6 Å². The van der Waals surface area contributed by atoms with Crippen molar-refractivity contribution in [1.29, 1.82) is 0 Å². The number of alkyl carbamates (subject to hydrolysis) is 1. The van der Waals surface area contributed by atoms with Crippen molar-refractivity contribution in [3.05, 3.63) is 0 Å². The molecule has 1 N–H and O–H groups in total. The zero-order valence-electron chi connectivity index (χ0n) is 14.5. The second kappa shape index (κ2) is 8.96. The van der Waals surface area contributed by atoms with Gasteiger partial charge in [-0.25, -0.2) is 9.59 Å². The number of halogens is 1. The lowest BCUT2D eigenvalue weighted by atomic mass is 10.1. The number of ether oxygens (including phenoxy) is 3. The van der Waals surface area contributed by atoms with Crippen LogP contribution < -0.4 is 5.32 Å². The van der Waals surface area contributed by atoms with Crippen LogP contribution in [0.15, 0.2) is 0 Å². The third kappa shape index (κ3) is 11.7. The van der Waals surface area contributed by atoms with Crippen molar-refractivity contribution in [2.24, 2.45) is 0 Å². The Bertz CT molecular complexity index is 425. The van der Waals surface area contributed by atoms with Crippen molar-refractivity contribution in [3.8, 4) is 0 Å². The van der Waals surface area contributed by atoms with E-state index in [-0.39, 0.29) is 18.9 Å². The van der Waals surface area contributed by atoms with Crippen LogP contribution in [0.25, 0.3) is 0 Å². The molecule has 7 nitrogen and oxygen atoms in total. The van der Waals surface area contributed by atoms with Gasteiger partial charge in [-0.15, -0.1) is 0 Å². The van der Waals surface area contributed by atoms with Crippen LogP contribution in [0.5, 0.6) is 0 Å². The van der Waals surface area contributed by atoms with E-state index < -0.39 is 35.3 Å². The Morgan fingerprint density at radius 1 is 1.00 bits per heavy atom. The van der Waals surface area contributed by atoms with E-state index in [2.05, 4.69) is 10.1 Å². The predicted molar refractivity (Wildman–Crippen MR) is 85.0 cm³/mol. The Hall–Kier alpha value is -1.50. The maximum absolute atomic E-state index is 11.8. The predicted octanol–water partition coefficient (Wildman–Crippen LogP) is 2.74. The van der Waals surface area contributed by atoms with Crippen molar-refractivity contribution in [2.75, 3.05) is 6.07 Å². The lowest BCUT2D eigenvalue weighted by molar-refractivity contribution is -0.155. The highest BCUT2D eigenvalue weighted by Crippen LogP contribution is 2.12. The summed E-state index contributed by atoms with van der Waals surface area (Å²) in [7, 11) is 0. The third-order valence-corrected chi connectivity index (χ3v) is 2.34. The summed E-state index contributed by atoms with van der Waals surface area (Å²) in [6.45, 7) is 10.3. The number of rotatable bonds is 6. The van der Waals surface area contributed by atoms with Crippen LogP contribution in [0.4, 0.5) is 4.79 Å². The molecule has 0 fully saturated rings. The second-order valence-corrected chi connectivity index (χ2v) is 7.11. The molecule has 0 heterocycles. The lowest BCUT2D eigenvalue weighted by Gasteiger charge is -2.23. The number of esters is 2. The molecule has 0 saturated heterocycles. The van der Waals surface area contributed by atoms with Crippen LogP contribution in [0.3, 0.4) is 0 Å². The third-order valence-electron chi connectivity index (χ3n) is 2.23. The fraction of sp³-hybridized carbons (Fsp3) is 0.800. The largest absolute Gasteiger partial charge is 0.460 e. The maximum Gasteiger partial charge on any atom is 0.408 e. The molecule has 0 aromatic heterocycles. The van der Waals surface area contributed by atoms with E-state index in [4.69, 9.17) is 21.1 Å². The second-order valence-electron chi connectivity index (χ2n) is 6.90. The Kier molecular flexibility index (Phi) is 8.37. The average Bonchev–Trinajstić information content (AvgIpc) is 2.30. The van der Waals surface area contributed by atoms with Crippen molar-refractivity contribution in [1.82, 2.24) is 5.32 Å². The average molecular weight is 352 g/mol. The van der Waals surface area contributed by atoms with Gasteiger partial charge in [-0.3, -0.25) is 4.79 Å². The van der Waals surface area contributed by atoms with Gasteiger partial charge in [0.2, 0.25) is 0 Å². The molecule has 0 rings (SSSR count). The maximum atomic E-state index is 11.8. The van der Waals surface area contributed by atoms with Gasteiger partial charge in [0.15, 0.2) is 6.07 Å². The molecular formula is C15H26ClNO6. The fourth-order valence-electron chi connectivity index (χ4n) is 1.51. The van der Waals surface area contributed by atoms with Gasteiger partial charge < -0.3 is 19.5 Å². The molecule has 0 unspecified atom stereocenters. The minimum atomic E-state index is -1.05. The minimum Gasteiger partial charge on any atom is -0.460 e. The van der Waals surface area contributed by atoms with E-state index in [0.717, 1.165) is 0 Å². The SMILES string of the molecule is CC(C)(C)OC(=O)CC[C@H](NC(=O)OC(C)(C)C)C(=O)OCCl. The van der Waals surface area contributed by atoms with Crippen molar-refractivity contribution in [2.45, 2.75) is 71.6 Å². The highest BCUT2D eigenvalue weighted by molar-refractivity contribution is 6.17. The smallest absolute Gasteiger partial charge is 0.408 e. The molecule has 1 amide bonds. The first kappa shape index (κ1) is 21.5. The van der Waals surface area contributed by atoms with E-state index in [1.54, 1.807) is 41.5 Å². The molecule has 0 bridgehead atoms. The van der Waals surface area contributed by atoms with Crippen LogP contribution in [0.1, 0.15) is 54.4 Å². The Morgan fingerprint density at radius 2 is 1.52 bits per heavy atom. The molecule has 23 heavy (non-hydrogen) atoms. The van der Waals surface area contributed by atoms with Crippen molar-refractivity contribution >= 4 is 29.6 Å². The molecule has 8 heteroatoms. The highest BCUT2D eigenvalue weighted by Gasteiger charge is 2.27. The molecule has 0 saturated carbocycles. The minimum absolute atomic E-state index is 0.0177. The number of alkyl halides is 1. The van der Waals surface area contributed by atoms with Crippen molar-refractivity contribution in [3.63, 3.8) is 0 Å². The van der Waals surface area contributed by atoms with Gasteiger partial charge in [0.25, 0.3) is 0 Å². The monoisotopic (exact) mass is 351 g/mol. The van der Waals surface area contributed by atoms with Gasteiger partial charge in [-0.05, 0) is 48.0 Å². The number of carbonyl (C=O) groups excluding carboxylic acids is 3. The fourth-order valence-corrected chi connectivity index (χ4v) is 1.62. The quantitative estimate of drug-likeness (QED) is 0.449. The highest BCUT2D eigenvalue weighted by atomic mass is 35.5. The summed E-state index contributed by atoms with van der Waals surface area (Å²) in [5.74, 6) is -1.22. The topological polar surface area (TPSA) is 90.9 Å². The van der Waals surface area contributed by atoms with E-state index in [1.165, 1.54) is 0 Å². The number of nitrogens with one attached hydrogen (secondary N) is 1. The van der Waals surface area contributed by atoms with E-state index >= 15 is 0 Å². The van der Waals surface area contributed by atoms with Gasteiger partial charge in [-0.2, -0.15) is 0 Å². The summed E-state index contributed by atoms with van der Waals surface area (Å²) >= 11 is 5.35. The summed E-state index contributed by atoms with van der Waals surface area (Å²) < 4.78 is 14.9. The zero-order valence-corrected chi connectivity index (χ0v) is 15.3. The summed E-state index contributed by atoms with van der Waals surface area (Å²) in [5.41, 5.74) is -1.34. The molecular weight excluding hydrogens is 326 g/mol. The first-order valence-electron chi connectivity index (χ1n) is 7.28. The van der Waals surface area contributed by atoms with Crippen LogP contribution in [-0.4, -0.2) is 41.3 Å². The molecule has 134 valence electrons. The molecule has 0 aliphatic carbocycles. The van der Waals surface area contributed by atoms with Crippen LogP contribution >= 0.6 is 11.6 Å². The van der Waals surface area contributed by atoms with Crippen LogP contribution in [0.2, 0.25) is 0 Å². The standard InChI is InChI=1S/C15H26ClNO6/c1-14(2,3)22-11(18)8-7-10(12(19)21-9-16)17-13(20)23-15(4,5)6/h10H,7-9H2,1-6H3,(H,17,20)/t10-/m0/s1. The zero-order chi connectivity index (χ0) is 18.3. The summed E-state index contributed by atoms with van der Waals surface area (Å²) in [6.07, 6.45) is -0.822. The van der Waals surface area contributed by atoms with Gasteiger partial charge >= 0.3 is 18.0 Å². The Labute approximate surface area is 142 Å².